The quantitative estimate of drug-likeness (QED) is 0.152. The highest BCUT2D eigenvalue weighted by Crippen LogP contribution is 2.55. The summed E-state index contributed by atoms with van der Waals surface area (Å²) in [5, 5.41) is 5.31. The molecule has 12 rings (SSSR count). The van der Waals surface area contributed by atoms with Crippen molar-refractivity contribution in [2.45, 2.75) is 112 Å². The van der Waals surface area contributed by atoms with Crippen molar-refractivity contribution < 1.29 is 0 Å². The lowest BCUT2D eigenvalue weighted by molar-refractivity contribution is 0.590. The molecular weight excluding hydrogens is 794 g/mol. The molecule has 0 spiro atoms. The third-order valence-corrected chi connectivity index (χ3v) is 15.8. The zero-order valence-corrected chi connectivity index (χ0v) is 40.6. The molecule has 0 unspecified atom stereocenters. The number of hydrogen-bond acceptors (Lipinski definition) is 3. The molecule has 0 amide bonds. The van der Waals surface area contributed by atoms with E-state index in [2.05, 4.69) is 220 Å². The Morgan fingerprint density at radius 2 is 1.03 bits per heavy atom. The normalized spacial score (nSPS) is 14.5. The Morgan fingerprint density at radius 3 is 1.75 bits per heavy atom. The Labute approximate surface area is 383 Å². The Balaban J connectivity index is 1.25. The zero-order chi connectivity index (χ0) is 44.7. The molecule has 2 aromatic heterocycles. The number of nitrogens with zero attached hydrogens (tertiary/aromatic N) is 3. The van der Waals surface area contributed by atoms with Crippen LogP contribution in [0.5, 0.6) is 0 Å². The van der Waals surface area contributed by atoms with Gasteiger partial charge in [0.05, 0.1) is 28.1 Å². The fourth-order valence-corrected chi connectivity index (χ4v) is 12.2. The van der Waals surface area contributed by atoms with Crippen LogP contribution in [0.3, 0.4) is 0 Å². The minimum absolute atomic E-state index is 0.0221. The minimum atomic E-state index is -0.0832. The van der Waals surface area contributed by atoms with Crippen LogP contribution < -0.4 is 26.2 Å². The van der Waals surface area contributed by atoms with Crippen LogP contribution >= 0.6 is 11.3 Å². The van der Waals surface area contributed by atoms with Gasteiger partial charge in [-0.25, -0.2) is 0 Å². The van der Waals surface area contributed by atoms with Gasteiger partial charge in [-0.1, -0.05) is 126 Å². The van der Waals surface area contributed by atoms with Gasteiger partial charge in [-0.2, -0.15) is 0 Å². The van der Waals surface area contributed by atoms with Gasteiger partial charge in [0.2, 0.25) is 0 Å². The summed E-state index contributed by atoms with van der Waals surface area (Å²) in [7, 11) is 0. The Bertz CT molecular complexity index is 3520. The van der Waals surface area contributed by atoms with E-state index in [1.807, 2.05) is 11.3 Å². The highest BCUT2D eigenvalue weighted by Gasteiger charge is 2.47. The third-order valence-electron chi connectivity index (χ3n) is 14.7. The predicted octanol–water partition coefficient (Wildman–Crippen LogP) is 15.0. The van der Waals surface area contributed by atoms with Gasteiger partial charge in [0.25, 0.3) is 6.71 Å². The molecule has 0 saturated heterocycles. The van der Waals surface area contributed by atoms with Crippen molar-refractivity contribution >= 4 is 111 Å². The lowest BCUT2D eigenvalue weighted by atomic mass is 9.33. The van der Waals surface area contributed by atoms with E-state index in [-0.39, 0.29) is 28.4 Å². The summed E-state index contributed by atoms with van der Waals surface area (Å²) < 4.78 is 5.30. The van der Waals surface area contributed by atoms with E-state index in [0.29, 0.717) is 0 Å². The number of aryl methyl sites for hydroxylation is 1. The molecule has 0 atom stereocenters. The second kappa shape index (κ2) is 12.7. The topological polar surface area (TPSA) is 11.4 Å². The standard InChI is InChI=1S/C59H58BN3S/c1-33-24-47-53-48(25-33)63-49-30-36(58(8,9)10)27-42-40-26-34(56(2,3)4)18-21-45(40)62(54(42)49)50-31-37(59(11,12)13)29-44(55(50)63)60(53)43-28-35(57(5,6)7)19-22-46(43)61(47)38-20-23-52-41(32-38)39-16-14-15-17-51(39)64-52/h14-32H,1-13H3. The molecule has 0 N–H and O–H groups in total. The summed E-state index contributed by atoms with van der Waals surface area (Å²) in [5.41, 5.74) is 22.2. The van der Waals surface area contributed by atoms with Gasteiger partial charge >= 0.3 is 0 Å². The molecule has 9 aromatic rings. The number of fused-ring (bicyclic) bond motifs is 12. The molecule has 3 nitrogen and oxygen atoms in total. The lowest BCUT2D eigenvalue weighted by Crippen LogP contribution is -2.62. The van der Waals surface area contributed by atoms with Gasteiger partial charge in [0.15, 0.2) is 0 Å². The van der Waals surface area contributed by atoms with Gasteiger partial charge < -0.3 is 14.4 Å². The van der Waals surface area contributed by atoms with Crippen molar-refractivity contribution in [3.05, 3.63) is 143 Å². The SMILES string of the molecule is Cc1cc2c3c(c1)N1c4c(cc(C(C)(C)C)cc4-n4c5ccc(C(C)(C)C)cc5c5cc(C(C)(C)C)cc1c54)B3c1cc(C(C)(C)C)ccc1N2c1ccc2sc3ccccc3c2c1. The number of thiophene rings is 1. The van der Waals surface area contributed by atoms with Gasteiger partial charge in [-0.05, 0) is 146 Å². The number of hydrogen-bond donors (Lipinski definition) is 0. The van der Waals surface area contributed by atoms with E-state index < -0.39 is 0 Å². The third kappa shape index (κ3) is 5.52. The number of rotatable bonds is 1. The average Bonchev–Trinajstić information content (AvgIpc) is 3.76. The molecule has 0 radical (unpaired) electrons. The van der Waals surface area contributed by atoms with E-state index in [0.717, 1.165) is 0 Å². The summed E-state index contributed by atoms with van der Waals surface area (Å²) in [6.07, 6.45) is 0. The van der Waals surface area contributed by atoms with Crippen LogP contribution in [-0.4, -0.2) is 11.3 Å². The monoisotopic (exact) mass is 851 g/mol. The molecule has 7 aromatic carbocycles. The van der Waals surface area contributed by atoms with E-state index >= 15 is 0 Å². The summed E-state index contributed by atoms with van der Waals surface area (Å²) in [6.45, 7) is 30.7. The summed E-state index contributed by atoms with van der Waals surface area (Å²) >= 11 is 1.89. The Morgan fingerprint density at radius 1 is 0.438 bits per heavy atom. The van der Waals surface area contributed by atoms with Crippen molar-refractivity contribution in [2.24, 2.45) is 0 Å². The van der Waals surface area contributed by atoms with Gasteiger partial charge in [0.1, 0.15) is 0 Å². The van der Waals surface area contributed by atoms with Crippen molar-refractivity contribution in [3.8, 4) is 5.69 Å². The molecule has 5 heteroatoms. The maximum atomic E-state index is 2.70. The predicted molar refractivity (Wildman–Crippen MR) is 281 cm³/mol. The van der Waals surface area contributed by atoms with E-state index in [4.69, 9.17) is 0 Å². The summed E-state index contributed by atoms with van der Waals surface area (Å²) in [5.74, 6) is 0. The highest BCUT2D eigenvalue weighted by atomic mass is 32.1. The van der Waals surface area contributed by atoms with Crippen LogP contribution in [0, 0.1) is 6.92 Å². The number of aromatic nitrogens is 1. The first kappa shape index (κ1) is 39.8. The van der Waals surface area contributed by atoms with Crippen molar-refractivity contribution in [1.29, 1.82) is 0 Å². The minimum Gasteiger partial charge on any atom is -0.311 e. The molecule has 0 fully saturated rings. The number of anilines is 6. The maximum absolute atomic E-state index is 2.70. The number of benzene rings is 7. The zero-order valence-electron chi connectivity index (χ0n) is 39.8. The lowest BCUT2D eigenvalue weighted by Gasteiger charge is -2.47. The van der Waals surface area contributed by atoms with Crippen LogP contribution in [0.15, 0.2) is 115 Å². The molecular formula is C59H58BN3S. The van der Waals surface area contributed by atoms with E-state index in [1.54, 1.807) is 0 Å². The molecule has 318 valence electrons. The van der Waals surface area contributed by atoms with Crippen LogP contribution in [0.1, 0.15) is 111 Å². The fraction of sp³-hybridized carbons (Fsp3) is 0.288. The van der Waals surface area contributed by atoms with Crippen LogP contribution in [0.25, 0.3) is 47.7 Å². The second-order valence-electron chi connectivity index (χ2n) is 23.3. The van der Waals surface area contributed by atoms with Gasteiger partial charge in [0, 0.05) is 53.7 Å². The highest BCUT2D eigenvalue weighted by molar-refractivity contribution is 7.25. The molecule has 3 aliphatic heterocycles. The smallest absolute Gasteiger partial charge is 0.252 e. The Kier molecular flexibility index (Phi) is 7.91. The first-order valence-electron chi connectivity index (χ1n) is 23.3. The van der Waals surface area contributed by atoms with Gasteiger partial charge in [-0.15, -0.1) is 11.3 Å². The maximum Gasteiger partial charge on any atom is 0.252 e. The summed E-state index contributed by atoms with van der Waals surface area (Å²) in [6, 6.07) is 45.9. The molecule has 64 heavy (non-hydrogen) atoms. The fourth-order valence-electron chi connectivity index (χ4n) is 11.1. The Hall–Kier alpha value is -5.78. The van der Waals surface area contributed by atoms with Crippen LogP contribution in [-0.2, 0) is 21.7 Å². The van der Waals surface area contributed by atoms with E-state index in [9.17, 15) is 0 Å². The largest absolute Gasteiger partial charge is 0.311 e. The van der Waals surface area contributed by atoms with Crippen LogP contribution in [0.4, 0.5) is 34.1 Å². The van der Waals surface area contributed by atoms with Crippen molar-refractivity contribution in [2.75, 3.05) is 9.80 Å². The summed E-state index contributed by atoms with van der Waals surface area (Å²) in [4.78, 5) is 5.30. The first-order valence-corrected chi connectivity index (χ1v) is 24.1. The second-order valence-corrected chi connectivity index (χ2v) is 24.3. The van der Waals surface area contributed by atoms with Crippen molar-refractivity contribution in [1.82, 2.24) is 4.57 Å². The van der Waals surface area contributed by atoms with Crippen LogP contribution in [0.2, 0.25) is 0 Å². The van der Waals surface area contributed by atoms with E-state index in [1.165, 1.54) is 126 Å². The molecule has 3 aliphatic rings. The van der Waals surface area contributed by atoms with Crippen molar-refractivity contribution in [3.63, 3.8) is 0 Å². The molecule has 0 aliphatic carbocycles. The first-order chi connectivity index (χ1) is 30.2. The molecule has 0 saturated carbocycles. The molecule has 0 bridgehead atoms. The average molecular weight is 852 g/mol. The van der Waals surface area contributed by atoms with Gasteiger partial charge in [-0.3, -0.25) is 0 Å². The molecule has 5 heterocycles.